The fraction of sp³-hybridized carbons (Fsp3) is 0.806. The van der Waals surface area contributed by atoms with Gasteiger partial charge in [0.2, 0.25) is 5.91 Å². The van der Waals surface area contributed by atoms with Gasteiger partial charge in [-0.3, -0.25) is 4.79 Å². The van der Waals surface area contributed by atoms with E-state index in [2.05, 4.69) is 31.3 Å². The van der Waals surface area contributed by atoms with Crippen molar-refractivity contribution in [1.29, 1.82) is 0 Å². The van der Waals surface area contributed by atoms with Crippen molar-refractivity contribution in [2.75, 3.05) is 6.61 Å². The maximum atomic E-state index is 12.3. The topological polar surface area (TPSA) is 89.8 Å². The van der Waals surface area contributed by atoms with Crippen LogP contribution in [0.1, 0.15) is 162 Å². The van der Waals surface area contributed by atoms with E-state index < -0.39 is 18.2 Å². The molecule has 0 aromatic heterocycles. The van der Waals surface area contributed by atoms with Crippen LogP contribution in [0.2, 0.25) is 0 Å². The molecule has 0 aromatic carbocycles. The second kappa shape index (κ2) is 31.5. The highest BCUT2D eigenvalue weighted by molar-refractivity contribution is 5.76. The van der Waals surface area contributed by atoms with E-state index in [9.17, 15) is 20.1 Å². The zero-order chi connectivity index (χ0) is 30.2. The average molecular weight is 578 g/mol. The van der Waals surface area contributed by atoms with Crippen LogP contribution in [0.3, 0.4) is 0 Å². The second-order valence-electron chi connectivity index (χ2n) is 11.8. The van der Waals surface area contributed by atoms with Crippen molar-refractivity contribution in [1.82, 2.24) is 5.32 Å². The van der Waals surface area contributed by atoms with Gasteiger partial charge in [0, 0.05) is 6.42 Å². The van der Waals surface area contributed by atoms with Gasteiger partial charge < -0.3 is 20.6 Å². The summed E-state index contributed by atoms with van der Waals surface area (Å²) in [5.74, 6) is -0.0736. The van der Waals surface area contributed by atoms with E-state index in [0.29, 0.717) is 19.3 Å². The fourth-order valence-electron chi connectivity index (χ4n) is 5.04. The maximum Gasteiger partial charge on any atom is 0.220 e. The van der Waals surface area contributed by atoms with Crippen molar-refractivity contribution in [2.45, 2.75) is 180 Å². The van der Waals surface area contributed by atoms with Gasteiger partial charge in [0.1, 0.15) is 0 Å². The smallest absolute Gasteiger partial charge is 0.220 e. The van der Waals surface area contributed by atoms with Crippen molar-refractivity contribution in [3.05, 3.63) is 36.5 Å². The van der Waals surface area contributed by atoms with Gasteiger partial charge in [-0.05, 0) is 38.5 Å². The summed E-state index contributed by atoms with van der Waals surface area (Å²) in [6, 6.07) is -0.561. The zero-order valence-electron chi connectivity index (χ0n) is 26.9. The van der Waals surface area contributed by atoms with Crippen LogP contribution < -0.4 is 5.32 Å². The Labute approximate surface area is 254 Å². The number of hydrogen-bond donors (Lipinski definition) is 4. The SMILES string of the molecule is CC/C=C/CC(O)/C=C/C=C/CCCCCCCC(=O)N[C@@H](CO)[C@H](O)CCCCCCCCCCCCCCC. The van der Waals surface area contributed by atoms with Crippen molar-refractivity contribution < 1.29 is 20.1 Å². The van der Waals surface area contributed by atoms with Crippen molar-refractivity contribution in [2.24, 2.45) is 0 Å². The molecule has 0 spiro atoms. The zero-order valence-corrected chi connectivity index (χ0v) is 26.9. The first-order chi connectivity index (χ1) is 20.0. The number of carbonyl (C=O) groups is 1. The molecule has 0 rings (SSSR count). The van der Waals surface area contributed by atoms with Crippen LogP contribution in [0.25, 0.3) is 0 Å². The van der Waals surface area contributed by atoms with E-state index in [4.69, 9.17) is 0 Å². The summed E-state index contributed by atoms with van der Waals surface area (Å²) >= 11 is 0. The van der Waals surface area contributed by atoms with Crippen molar-refractivity contribution in [3.8, 4) is 0 Å². The van der Waals surface area contributed by atoms with Gasteiger partial charge in [0.15, 0.2) is 0 Å². The normalized spacial score (nSPS) is 14.4. The van der Waals surface area contributed by atoms with Crippen LogP contribution >= 0.6 is 0 Å². The number of allylic oxidation sites excluding steroid dienone is 4. The minimum atomic E-state index is -0.680. The van der Waals surface area contributed by atoms with Gasteiger partial charge >= 0.3 is 0 Å². The Morgan fingerprint density at radius 1 is 0.683 bits per heavy atom. The summed E-state index contributed by atoms with van der Waals surface area (Å²) in [5, 5.41) is 32.8. The number of aliphatic hydroxyl groups excluding tert-OH is 3. The number of amides is 1. The third-order valence-electron chi connectivity index (χ3n) is 7.75. The van der Waals surface area contributed by atoms with E-state index in [1.165, 1.54) is 70.6 Å². The fourth-order valence-corrected chi connectivity index (χ4v) is 5.04. The lowest BCUT2D eigenvalue weighted by molar-refractivity contribution is -0.123. The first-order valence-electron chi connectivity index (χ1n) is 17.3. The molecule has 41 heavy (non-hydrogen) atoms. The van der Waals surface area contributed by atoms with Gasteiger partial charge in [0.05, 0.1) is 24.9 Å². The maximum absolute atomic E-state index is 12.3. The minimum absolute atomic E-state index is 0.0736. The van der Waals surface area contributed by atoms with Gasteiger partial charge in [-0.2, -0.15) is 0 Å². The Bertz CT molecular complexity index is 645. The molecule has 0 heterocycles. The average Bonchev–Trinajstić information content (AvgIpc) is 2.97. The first kappa shape index (κ1) is 39.6. The molecule has 0 aliphatic rings. The predicted molar refractivity (Wildman–Crippen MR) is 176 cm³/mol. The van der Waals surface area contributed by atoms with Crippen LogP contribution in [0.4, 0.5) is 0 Å². The third-order valence-corrected chi connectivity index (χ3v) is 7.75. The van der Waals surface area contributed by atoms with Gasteiger partial charge in [0.25, 0.3) is 0 Å². The number of carbonyl (C=O) groups excluding carboxylic acids is 1. The number of aliphatic hydroxyl groups is 3. The third kappa shape index (κ3) is 28.5. The lowest BCUT2D eigenvalue weighted by Crippen LogP contribution is -2.45. The molecule has 0 aliphatic carbocycles. The molecule has 5 nitrogen and oxygen atoms in total. The highest BCUT2D eigenvalue weighted by Gasteiger charge is 2.19. The summed E-state index contributed by atoms with van der Waals surface area (Å²) in [4.78, 5) is 12.3. The second-order valence-corrected chi connectivity index (χ2v) is 11.8. The molecule has 0 saturated carbocycles. The molecular formula is C36H67NO4. The Morgan fingerprint density at radius 2 is 1.24 bits per heavy atom. The molecule has 1 amide bonds. The summed E-state index contributed by atoms with van der Waals surface area (Å²) in [6.45, 7) is 4.13. The predicted octanol–water partition coefficient (Wildman–Crippen LogP) is 8.87. The van der Waals surface area contributed by atoms with Gasteiger partial charge in [-0.1, -0.05) is 153 Å². The van der Waals surface area contributed by atoms with Crippen molar-refractivity contribution >= 4 is 5.91 Å². The molecule has 0 radical (unpaired) electrons. The molecule has 0 saturated heterocycles. The van der Waals surface area contributed by atoms with Crippen LogP contribution in [0.5, 0.6) is 0 Å². The molecule has 5 heteroatoms. The monoisotopic (exact) mass is 578 g/mol. The number of rotatable bonds is 30. The number of hydrogen-bond acceptors (Lipinski definition) is 4. The van der Waals surface area contributed by atoms with Crippen LogP contribution in [0.15, 0.2) is 36.5 Å². The van der Waals surface area contributed by atoms with E-state index in [0.717, 1.165) is 57.8 Å². The summed E-state index contributed by atoms with van der Waals surface area (Å²) in [7, 11) is 0. The van der Waals surface area contributed by atoms with Crippen LogP contribution in [0, 0.1) is 0 Å². The van der Waals surface area contributed by atoms with E-state index in [1.807, 2.05) is 24.3 Å². The van der Waals surface area contributed by atoms with Crippen molar-refractivity contribution in [3.63, 3.8) is 0 Å². The lowest BCUT2D eigenvalue weighted by Gasteiger charge is -2.22. The number of nitrogens with one attached hydrogen (secondary N) is 1. The largest absolute Gasteiger partial charge is 0.394 e. The minimum Gasteiger partial charge on any atom is -0.394 e. The molecule has 4 N–H and O–H groups in total. The Hall–Kier alpha value is -1.43. The quantitative estimate of drug-likeness (QED) is 0.0390. The molecule has 3 atom stereocenters. The highest BCUT2D eigenvalue weighted by Crippen LogP contribution is 2.14. The molecule has 0 fully saturated rings. The molecule has 0 bridgehead atoms. The molecular weight excluding hydrogens is 510 g/mol. The Kier molecular flexibility index (Phi) is 30.4. The van der Waals surface area contributed by atoms with E-state index in [-0.39, 0.29) is 12.5 Å². The van der Waals surface area contributed by atoms with E-state index in [1.54, 1.807) is 0 Å². The van der Waals surface area contributed by atoms with Gasteiger partial charge in [-0.15, -0.1) is 0 Å². The first-order valence-corrected chi connectivity index (χ1v) is 17.3. The van der Waals surface area contributed by atoms with Crippen LogP contribution in [-0.2, 0) is 4.79 Å². The summed E-state index contributed by atoms with van der Waals surface area (Å²) in [6.07, 6.45) is 36.6. The van der Waals surface area contributed by atoms with E-state index >= 15 is 0 Å². The van der Waals surface area contributed by atoms with Gasteiger partial charge in [-0.25, -0.2) is 0 Å². The highest BCUT2D eigenvalue weighted by atomic mass is 16.3. The Morgan fingerprint density at radius 3 is 1.83 bits per heavy atom. The standard InChI is InChI=1S/C36H67NO4/c1-3-5-7-8-9-10-11-12-13-16-19-22-26-30-35(40)34(32-38)37-36(41)31-27-23-20-17-14-15-18-21-25-29-33(39)28-24-6-4-2/h6,18,21,24-25,29,33-35,38-40H,3-5,7-17,19-20,22-23,26-28,30-32H2,1-2H3,(H,37,41)/b21-18+,24-6+,29-25+/t33?,34-,35+/m0/s1. The molecule has 0 aromatic rings. The molecule has 0 aliphatic heterocycles. The Balaban J connectivity index is 3.69. The molecule has 240 valence electrons. The summed E-state index contributed by atoms with van der Waals surface area (Å²) in [5.41, 5.74) is 0. The number of unbranched alkanes of at least 4 members (excludes halogenated alkanes) is 17. The lowest BCUT2D eigenvalue weighted by atomic mass is 10.0. The summed E-state index contributed by atoms with van der Waals surface area (Å²) < 4.78 is 0. The molecule has 1 unspecified atom stereocenters. The van der Waals surface area contributed by atoms with Crippen LogP contribution in [-0.4, -0.2) is 46.1 Å².